The summed E-state index contributed by atoms with van der Waals surface area (Å²) in [5.74, 6) is 0.488. The Balaban J connectivity index is 1.64. The van der Waals surface area contributed by atoms with Gasteiger partial charge in [-0.25, -0.2) is 0 Å². The minimum atomic E-state index is -4.36. The number of fused-ring (bicyclic) bond motifs is 1. The van der Waals surface area contributed by atoms with Crippen LogP contribution in [0.1, 0.15) is 34.7 Å². The van der Waals surface area contributed by atoms with Crippen LogP contribution in [0.15, 0.2) is 30.3 Å². The zero-order valence-corrected chi connectivity index (χ0v) is 19.7. The van der Waals surface area contributed by atoms with E-state index in [1.807, 2.05) is 18.2 Å². The Morgan fingerprint density at radius 1 is 1.20 bits per heavy atom. The zero-order valence-electron chi connectivity index (χ0n) is 19.7. The van der Waals surface area contributed by atoms with Gasteiger partial charge in [-0.15, -0.1) is 0 Å². The van der Waals surface area contributed by atoms with Crippen LogP contribution in [-0.2, 0) is 6.42 Å². The Bertz CT molecular complexity index is 1050. The van der Waals surface area contributed by atoms with Gasteiger partial charge in [-0.05, 0) is 36.1 Å². The van der Waals surface area contributed by atoms with E-state index in [0.29, 0.717) is 41.0 Å². The average molecular weight is 494 g/mol. The van der Waals surface area contributed by atoms with Crippen LogP contribution in [0.3, 0.4) is 0 Å². The third kappa shape index (κ3) is 5.54. The van der Waals surface area contributed by atoms with E-state index in [2.05, 4.69) is 10.2 Å². The number of alkyl halides is 4. The lowest BCUT2D eigenvalue weighted by molar-refractivity contribution is -0.150. The van der Waals surface area contributed by atoms with Crippen molar-refractivity contribution in [1.82, 2.24) is 9.80 Å². The lowest BCUT2D eigenvalue weighted by Crippen LogP contribution is -2.54. The van der Waals surface area contributed by atoms with E-state index in [9.17, 15) is 17.6 Å². The van der Waals surface area contributed by atoms with Gasteiger partial charge in [0.05, 0.1) is 32.4 Å². The van der Waals surface area contributed by atoms with Crippen LogP contribution in [-0.4, -0.2) is 74.7 Å². The van der Waals surface area contributed by atoms with Crippen molar-refractivity contribution < 1.29 is 22.3 Å². The van der Waals surface area contributed by atoms with Gasteiger partial charge in [0.2, 0.25) is 0 Å². The predicted octanol–water partition coefficient (Wildman–Crippen LogP) is 4.24. The zero-order chi connectivity index (χ0) is 25.2. The summed E-state index contributed by atoms with van der Waals surface area (Å²) in [6.45, 7) is 1.16. The molecule has 4 rings (SSSR count). The highest BCUT2D eigenvalue weighted by Gasteiger charge is 2.39. The Morgan fingerprint density at radius 3 is 2.60 bits per heavy atom. The van der Waals surface area contributed by atoms with Crippen molar-refractivity contribution in [2.75, 3.05) is 57.6 Å². The maximum absolute atomic E-state index is 13.5. The number of halogens is 4. The lowest BCUT2D eigenvalue weighted by atomic mass is 9.84. The fraction of sp³-hybridized carbons (Fsp3) is 0.480. The summed E-state index contributed by atoms with van der Waals surface area (Å²) in [6.07, 6.45) is -2.29. The van der Waals surface area contributed by atoms with Crippen LogP contribution < -0.4 is 15.8 Å². The number of nitrogen functional groups attached to an aromatic ring is 1. The van der Waals surface area contributed by atoms with Gasteiger partial charge < -0.3 is 21.2 Å². The van der Waals surface area contributed by atoms with Gasteiger partial charge >= 0.3 is 6.18 Å². The molecule has 1 saturated heterocycles. The molecule has 2 aliphatic rings. The van der Waals surface area contributed by atoms with Crippen molar-refractivity contribution in [2.45, 2.75) is 31.1 Å². The number of ether oxygens (including phenoxy) is 1. The normalized spacial score (nSPS) is 19.2. The summed E-state index contributed by atoms with van der Waals surface area (Å²) in [7, 11) is 1.51. The smallest absolute Gasteiger partial charge is 0.401 e. The van der Waals surface area contributed by atoms with E-state index in [4.69, 9.17) is 15.9 Å². The van der Waals surface area contributed by atoms with E-state index >= 15 is 0 Å². The first-order valence-electron chi connectivity index (χ1n) is 11.7. The molecule has 1 unspecified atom stereocenters. The third-order valence-electron chi connectivity index (χ3n) is 6.73. The van der Waals surface area contributed by atoms with E-state index < -0.39 is 18.8 Å². The number of benzene rings is 2. The molecule has 190 valence electrons. The molecule has 35 heavy (non-hydrogen) atoms. The summed E-state index contributed by atoms with van der Waals surface area (Å²) in [4.78, 5) is 3.58. The molecule has 2 heterocycles. The molecule has 1 atom stereocenters. The van der Waals surface area contributed by atoms with Gasteiger partial charge in [0.15, 0.2) is 0 Å². The van der Waals surface area contributed by atoms with E-state index in [1.165, 1.54) is 18.2 Å². The molecule has 0 aliphatic carbocycles. The van der Waals surface area contributed by atoms with Crippen LogP contribution in [0.4, 0.5) is 28.9 Å². The molecule has 2 aromatic rings. The number of hydrogen-bond acceptors (Lipinski definition) is 6. The number of hydrogen-bond donors (Lipinski definition) is 3. The van der Waals surface area contributed by atoms with Crippen LogP contribution in [0.5, 0.6) is 5.75 Å². The molecule has 4 N–H and O–H groups in total. The summed E-state index contributed by atoms with van der Waals surface area (Å²) < 4.78 is 58.5. The molecular weight excluding hydrogens is 462 g/mol. The largest absolute Gasteiger partial charge is 0.496 e. The quantitative estimate of drug-likeness (QED) is 0.277. The maximum atomic E-state index is 13.5. The highest BCUT2D eigenvalue weighted by atomic mass is 19.4. The molecule has 2 aliphatic heterocycles. The summed E-state index contributed by atoms with van der Waals surface area (Å²) in [6, 6.07) is 8.42. The van der Waals surface area contributed by atoms with Crippen LogP contribution in [0, 0.1) is 5.41 Å². The SMILES string of the molecule is COc1cc(NC2CN(CCCF)C2)ccc1C1c2ccc(N)c(C=N)c2CCN1CC(F)(F)F. The first-order valence-corrected chi connectivity index (χ1v) is 11.7. The molecular formula is C25H31F4N5O. The summed E-state index contributed by atoms with van der Waals surface area (Å²) in [5, 5.41) is 11.2. The summed E-state index contributed by atoms with van der Waals surface area (Å²) >= 11 is 0. The van der Waals surface area contributed by atoms with Crippen LogP contribution in [0.25, 0.3) is 0 Å². The number of anilines is 2. The standard InChI is InChI=1S/C25H31F4N5O/c1-35-23-11-16(32-17-13-33(14-17)9-2-8-26)3-4-20(23)24-19-5-6-22(31)21(12-30)18(19)7-10-34(24)15-25(27,28)29/h3-6,11-12,17,24,30,32H,2,7-10,13-15,31H2,1H3. The average Bonchev–Trinajstić information content (AvgIpc) is 2.79. The van der Waals surface area contributed by atoms with Gasteiger partial charge in [0, 0.05) is 61.0 Å². The minimum Gasteiger partial charge on any atom is -0.496 e. The van der Waals surface area contributed by atoms with Crippen molar-refractivity contribution in [3.8, 4) is 5.75 Å². The van der Waals surface area contributed by atoms with Crippen molar-refractivity contribution in [3.63, 3.8) is 0 Å². The molecule has 0 saturated carbocycles. The van der Waals surface area contributed by atoms with Gasteiger partial charge in [-0.1, -0.05) is 12.1 Å². The third-order valence-corrected chi connectivity index (χ3v) is 6.73. The first-order chi connectivity index (χ1) is 16.7. The topological polar surface area (TPSA) is 77.6 Å². The van der Waals surface area contributed by atoms with Crippen molar-refractivity contribution in [3.05, 3.63) is 52.6 Å². The second-order valence-corrected chi connectivity index (χ2v) is 9.12. The number of rotatable bonds is 9. The van der Waals surface area contributed by atoms with E-state index in [-0.39, 0.29) is 19.3 Å². The molecule has 6 nitrogen and oxygen atoms in total. The monoisotopic (exact) mass is 493 g/mol. The Kier molecular flexibility index (Phi) is 7.51. The van der Waals surface area contributed by atoms with Gasteiger partial charge in [0.1, 0.15) is 5.75 Å². The first kappa shape index (κ1) is 25.2. The summed E-state index contributed by atoms with van der Waals surface area (Å²) in [5.41, 5.74) is 10.00. The second-order valence-electron chi connectivity index (χ2n) is 9.12. The van der Waals surface area contributed by atoms with Crippen LogP contribution in [0.2, 0.25) is 0 Å². The van der Waals surface area contributed by atoms with Gasteiger partial charge in [-0.3, -0.25) is 14.2 Å². The molecule has 1 fully saturated rings. The molecule has 0 bridgehead atoms. The molecule has 0 aromatic heterocycles. The molecule has 0 spiro atoms. The molecule has 0 radical (unpaired) electrons. The lowest BCUT2D eigenvalue weighted by Gasteiger charge is -2.40. The number of nitrogens with zero attached hydrogens (tertiary/aromatic N) is 2. The molecule has 10 heteroatoms. The predicted molar refractivity (Wildman–Crippen MR) is 129 cm³/mol. The number of nitrogens with two attached hydrogens (primary N) is 1. The Labute approximate surface area is 202 Å². The Hall–Kier alpha value is -2.85. The van der Waals surface area contributed by atoms with Crippen LogP contribution >= 0.6 is 0 Å². The van der Waals surface area contributed by atoms with E-state index in [0.717, 1.165) is 30.9 Å². The van der Waals surface area contributed by atoms with Crippen molar-refractivity contribution >= 4 is 17.6 Å². The van der Waals surface area contributed by atoms with Crippen molar-refractivity contribution in [2.24, 2.45) is 0 Å². The fourth-order valence-corrected chi connectivity index (χ4v) is 5.14. The molecule has 0 amide bonds. The highest BCUT2D eigenvalue weighted by Crippen LogP contribution is 2.43. The second kappa shape index (κ2) is 10.4. The van der Waals surface area contributed by atoms with E-state index in [1.54, 1.807) is 12.1 Å². The van der Waals surface area contributed by atoms with Crippen molar-refractivity contribution in [1.29, 1.82) is 5.41 Å². The molecule has 2 aromatic carbocycles. The highest BCUT2D eigenvalue weighted by molar-refractivity contribution is 5.88. The van der Waals surface area contributed by atoms with Gasteiger partial charge in [-0.2, -0.15) is 13.2 Å². The number of nitrogens with one attached hydrogen (secondary N) is 2. The number of methoxy groups -OCH3 is 1. The Morgan fingerprint density at radius 2 is 1.94 bits per heavy atom. The maximum Gasteiger partial charge on any atom is 0.401 e. The van der Waals surface area contributed by atoms with Gasteiger partial charge in [0.25, 0.3) is 0 Å². The minimum absolute atomic E-state index is 0.182. The number of likely N-dealkylation sites (tertiary alicyclic amines) is 1. The fourth-order valence-electron chi connectivity index (χ4n) is 5.14.